The maximum absolute atomic E-state index is 12.9. The molecule has 0 unspecified atom stereocenters. The SMILES string of the molecule is C=CCn1c(=NC(=O)c2cccc(OCCCCC)c2)sc2cc3c(cc21)OCO3. The van der Waals surface area contributed by atoms with E-state index in [1.165, 1.54) is 11.3 Å². The maximum Gasteiger partial charge on any atom is 0.279 e. The lowest BCUT2D eigenvalue weighted by atomic mass is 10.2. The summed E-state index contributed by atoms with van der Waals surface area (Å²) >= 11 is 1.44. The molecule has 4 rings (SSSR count). The summed E-state index contributed by atoms with van der Waals surface area (Å²) in [5, 5.41) is 0. The van der Waals surface area contributed by atoms with Crippen molar-refractivity contribution in [1.82, 2.24) is 4.57 Å². The first-order valence-electron chi connectivity index (χ1n) is 10.1. The van der Waals surface area contributed by atoms with Gasteiger partial charge in [0.1, 0.15) is 5.75 Å². The largest absolute Gasteiger partial charge is 0.494 e. The van der Waals surface area contributed by atoms with E-state index >= 15 is 0 Å². The summed E-state index contributed by atoms with van der Waals surface area (Å²) in [5.41, 5.74) is 1.43. The van der Waals surface area contributed by atoms with E-state index in [0.717, 1.165) is 29.5 Å². The molecule has 0 N–H and O–H groups in total. The van der Waals surface area contributed by atoms with Gasteiger partial charge in [-0.05, 0) is 24.6 Å². The molecule has 0 fully saturated rings. The maximum atomic E-state index is 12.9. The molecule has 0 saturated heterocycles. The van der Waals surface area contributed by atoms with Crippen LogP contribution in [-0.4, -0.2) is 23.9 Å². The van der Waals surface area contributed by atoms with Crippen molar-refractivity contribution < 1.29 is 19.0 Å². The van der Waals surface area contributed by atoms with Crippen LogP contribution < -0.4 is 19.0 Å². The van der Waals surface area contributed by atoms with Gasteiger partial charge in [0, 0.05) is 24.2 Å². The third-order valence-corrected chi connectivity index (χ3v) is 5.82. The molecule has 0 bridgehead atoms. The minimum Gasteiger partial charge on any atom is -0.494 e. The fourth-order valence-electron chi connectivity index (χ4n) is 3.26. The number of ether oxygens (including phenoxy) is 3. The molecule has 6 nitrogen and oxygen atoms in total. The van der Waals surface area contributed by atoms with Gasteiger partial charge in [0.2, 0.25) is 6.79 Å². The molecule has 7 heteroatoms. The summed E-state index contributed by atoms with van der Waals surface area (Å²) in [6.07, 6.45) is 5.05. The number of benzene rings is 2. The van der Waals surface area contributed by atoms with Crippen LogP contribution in [0.5, 0.6) is 17.2 Å². The number of amides is 1. The topological polar surface area (TPSA) is 62.1 Å². The average molecular weight is 425 g/mol. The standard InChI is InChI=1S/C23H24N2O4S/c1-3-5-6-11-27-17-9-7-8-16(12-17)22(26)24-23-25(10-4-2)18-13-19-20(29-15-28-19)14-21(18)30-23/h4,7-9,12-14H,2-3,5-6,10-11,15H2,1H3. The molecule has 0 spiro atoms. The predicted molar refractivity (Wildman–Crippen MR) is 117 cm³/mol. The number of rotatable bonds is 8. The van der Waals surface area contributed by atoms with Crippen molar-refractivity contribution in [3.8, 4) is 17.2 Å². The molecule has 0 radical (unpaired) electrons. The number of aromatic nitrogens is 1. The Bertz CT molecular complexity index is 1150. The monoisotopic (exact) mass is 424 g/mol. The van der Waals surface area contributed by atoms with Crippen LogP contribution in [0.1, 0.15) is 36.5 Å². The number of hydrogen-bond donors (Lipinski definition) is 0. The highest BCUT2D eigenvalue weighted by Gasteiger charge is 2.18. The average Bonchev–Trinajstić information content (AvgIpc) is 3.34. The Morgan fingerprint density at radius 2 is 2.10 bits per heavy atom. The Hall–Kier alpha value is -3.06. The fourth-order valence-corrected chi connectivity index (χ4v) is 4.31. The zero-order valence-corrected chi connectivity index (χ0v) is 17.7. The Kier molecular flexibility index (Phi) is 6.18. The van der Waals surface area contributed by atoms with E-state index in [1.54, 1.807) is 18.2 Å². The number of thiazole rings is 1. The summed E-state index contributed by atoms with van der Waals surface area (Å²) < 4.78 is 19.7. The highest BCUT2D eigenvalue weighted by molar-refractivity contribution is 7.16. The van der Waals surface area contributed by atoms with Crippen molar-refractivity contribution in [3.05, 3.63) is 59.4 Å². The van der Waals surface area contributed by atoms with Gasteiger partial charge < -0.3 is 18.8 Å². The Balaban J connectivity index is 1.65. The zero-order chi connectivity index (χ0) is 20.9. The van der Waals surface area contributed by atoms with Crippen molar-refractivity contribution in [1.29, 1.82) is 0 Å². The van der Waals surface area contributed by atoms with Gasteiger partial charge >= 0.3 is 0 Å². The molecule has 1 amide bonds. The van der Waals surface area contributed by atoms with E-state index in [2.05, 4.69) is 18.5 Å². The summed E-state index contributed by atoms with van der Waals surface area (Å²) in [6, 6.07) is 11.0. The zero-order valence-electron chi connectivity index (χ0n) is 16.9. The van der Waals surface area contributed by atoms with Crippen molar-refractivity contribution in [2.24, 2.45) is 4.99 Å². The molecule has 0 atom stereocenters. The molecule has 0 saturated carbocycles. The molecule has 30 heavy (non-hydrogen) atoms. The second-order valence-electron chi connectivity index (χ2n) is 6.96. The Morgan fingerprint density at radius 3 is 2.90 bits per heavy atom. The van der Waals surface area contributed by atoms with Crippen LogP contribution in [-0.2, 0) is 6.54 Å². The van der Waals surface area contributed by atoms with Crippen LogP contribution in [0.25, 0.3) is 10.2 Å². The van der Waals surface area contributed by atoms with Gasteiger partial charge in [-0.25, -0.2) is 0 Å². The first-order valence-corrected chi connectivity index (χ1v) is 10.9. The number of carbonyl (C=O) groups excluding carboxylic acids is 1. The second kappa shape index (κ2) is 9.17. The molecule has 2 aromatic carbocycles. The minimum atomic E-state index is -0.307. The number of allylic oxidation sites excluding steroid dienone is 1. The summed E-state index contributed by atoms with van der Waals surface area (Å²) in [4.78, 5) is 17.9. The molecule has 0 aliphatic carbocycles. The van der Waals surface area contributed by atoms with Gasteiger partial charge in [-0.1, -0.05) is 43.2 Å². The fraction of sp³-hybridized carbons (Fsp3) is 0.304. The first kappa shape index (κ1) is 20.2. The summed E-state index contributed by atoms with van der Waals surface area (Å²) in [7, 11) is 0. The Morgan fingerprint density at radius 1 is 1.27 bits per heavy atom. The molecule has 1 aromatic heterocycles. The number of hydrogen-bond acceptors (Lipinski definition) is 5. The van der Waals surface area contributed by atoms with Gasteiger partial charge in [0.05, 0.1) is 16.8 Å². The Labute approximate surface area is 179 Å². The van der Waals surface area contributed by atoms with Crippen molar-refractivity contribution in [2.45, 2.75) is 32.7 Å². The number of carbonyl (C=O) groups is 1. The van der Waals surface area contributed by atoms with E-state index in [0.29, 0.717) is 40.8 Å². The summed E-state index contributed by atoms with van der Waals surface area (Å²) in [6.45, 7) is 7.39. The van der Waals surface area contributed by atoms with E-state index in [1.807, 2.05) is 28.8 Å². The third-order valence-electron chi connectivity index (χ3n) is 4.78. The van der Waals surface area contributed by atoms with Crippen LogP contribution >= 0.6 is 11.3 Å². The normalized spacial score (nSPS) is 13.0. The van der Waals surface area contributed by atoms with Crippen LogP contribution in [0.2, 0.25) is 0 Å². The van der Waals surface area contributed by atoms with Gasteiger partial charge in [-0.3, -0.25) is 4.79 Å². The molecular weight excluding hydrogens is 400 g/mol. The van der Waals surface area contributed by atoms with Gasteiger partial charge in [0.15, 0.2) is 16.3 Å². The first-order chi connectivity index (χ1) is 14.7. The second-order valence-corrected chi connectivity index (χ2v) is 7.97. The highest BCUT2D eigenvalue weighted by atomic mass is 32.1. The van der Waals surface area contributed by atoms with E-state index in [9.17, 15) is 4.79 Å². The highest BCUT2D eigenvalue weighted by Crippen LogP contribution is 2.37. The lowest BCUT2D eigenvalue weighted by Crippen LogP contribution is -2.16. The van der Waals surface area contributed by atoms with E-state index < -0.39 is 0 Å². The van der Waals surface area contributed by atoms with Gasteiger partial charge in [0.25, 0.3) is 5.91 Å². The number of unbranched alkanes of at least 4 members (excludes halogenated alkanes) is 2. The molecule has 156 valence electrons. The van der Waals surface area contributed by atoms with Crippen LogP contribution in [0.4, 0.5) is 0 Å². The smallest absolute Gasteiger partial charge is 0.279 e. The number of nitrogens with zero attached hydrogens (tertiary/aromatic N) is 2. The van der Waals surface area contributed by atoms with Crippen LogP contribution in [0.3, 0.4) is 0 Å². The molecule has 1 aliphatic rings. The van der Waals surface area contributed by atoms with Gasteiger partial charge in [-0.2, -0.15) is 4.99 Å². The lowest BCUT2D eigenvalue weighted by molar-refractivity contribution is 0.0997. The quantitative estimate of drug-likeness (QED) is 0.380. The van der Waals surface area contributed by atoms with Crippen LogP contribution in [0.15, 0.2) is 54.0 Å². The molecule has 1 aliphatic heterocycles. The van der Waals surface area contributed by atoms with E-state index in [-0.39, 0.29) is 12.7 Å². The third kappa shape index (κ3) is 4.26. The predicted octanol–water partition coefficient (Wildman–Crippen LogP) is 4.93. The lowest BCUT2D eigenvalue weighted by Gasteiger charge is -2.06. The van der Waals surface area contributed by atoms with Crippen molar-refractivity contribution in [2.75, 3.05) is 13.4 Å². The molecular formula is C23H24N2O4S. The van der Waals surface area contributed by atoms with Crippen molar-refractivity contribution >= 4 is 27.5 Å². The van der Waals surface area contributed by atoms with Gasteiger partial charge in [-0.15, -0.1) is 6.58 Å². The minimum absolute atomic E-state index is 0.223. The number of fused-ring (bicyclic) bond motifs is 2. The van der Waals surface area contributed by atoms with E-state index in [4.69, 9.17) is 14.2 Å². The van der Waals surface area contributed by atoms with Crippen molar-refractivity contribution in [3.63, 3.8) is 0 Å². The molecule has 2 heterocycles. The van der Waals surface area contributed by atoms with Crippen LogP contribution in [0, 0.1) is 0 Å². The summed E-state index contributed by atoms with van der Waals surface area (Å²) in [5.74, 6) is 1.79. The molecule has 3 aromatic rings.